The van der Waals surface area contributed by atoms with E-state index >= 15 is 0 Å². The average Bonchev–Trinajstić information content (AvgIpc) is 1.82. The Labute approximate surface area is 68.8 Å². The van der Waals surface area contributed by atoms with E-state index in [2.05, 4.69) is 19.9 Å². The molecular formula is C10H16O. The van der Waals surface area contributed by atoms with Gasteiger partial charge >= 0.3 is 0 Å². The lowest BCUT2D eigenvalue weighted by molar-refractivity contribution is -0.112. The van der Waals surface area contributed by atoms with E-state index in [1.165, 1.54) is 0 Å². The molecule has 0 heterocycles. The summed E-state index contributed by atoms with van der Waals surface area (Å²) in [5.74, 6) is 0.646. The maximum atomic E-state index is 10.5. The molecule has 1 nitrogen and oxygen atoms in total. The Morgan fingerprint density at radius 2 is 1.73 bits per heavy atom. The van der Waals surface area contributed by atoms with E-state index in [0.29, 0.717) is 5.92 Å². The van der Waals surface area contributed by atoms with Gasteiger partial charge in [-0.15, -0.1) is 0 Å². The fourth-order valence-corrected chi connectivity index (χ4v) is 0.830. The Kier molecular flexibility index (Phi) is 4.51. The summed E-state index contributed by atoms with van der Waals surface area (Å²) < 4.78 is 0. The van der Waals surface area contributed by atoms with Crippen LogP contribution in [0.1, 0.15) is 27.7 Å². The molecule has 0 aliphatic heterocycles. The number of allylic oxidation sites excluding steroid dienone is 4. The second-order valence-corrected chi connectivity index (χ2v) is 3.10. The first-order chi connectivity index (χ1) is 5.02. The number of hydrogen-bond acceptors (Lipinski definition) is 1. The van der Waals surface area contributed by atoms with Gasteiger partial charge in [0.1, 0.15) is 0 Å². The first-order valence-electron chi connectivity index (χ1n) is 3.89. The molecular weight excluding hydrogens is 136 g/mol. The summed E-state index contributed by atoms with van der Waals surface area (Å²) in [5.41, 5.74) is 1.15. The lowest BCUT2D eigenvalue weighted by atomic mass is 10.1. The van der Waals surface area contributed by atoms with Crippen LogP contribution in [-0.2, 0) is 4.79 Å². The fourth-order valence-electron chi connectivity index (χ4n) is 0.830. The topological polar surface area (TPSA) is 17.1 Å². The van der Waals surface area contributed by atoms with Crippen molar-refractivity contribution in [1.29, 1.82) is 0 Å². The highest BCUT2D eigenvalue weighted by molar-refractivity contribution is 5.87. The molecule has 1 heteroatoms. The van der Waals surface area contributed by atoms with Gasteiger partial charge in [0.15, 0.2) is 5.78 Å². The van der Waals surface area contributed by atoms with Gasteiger partial charge in [0.25, 0.3) is 0 Å². The zero-order valence-electron chi connectivity index (χ0n) is 7.72. The van der Waals surface area contributed by atoms with Crippen LogP contribution < -0.4 is 0 Å². The lowest BCUT2D eigenvalue weighted by Gasteiger charge is -1.95. The molecule has 0 aromatic carbocycles. The molecule has 0 N–H and O–H groups in total. The summed E-state index contributed by atoms with van der Waals surface area (Å²) in [7, 11) is 0. The summed E-state index contributed by atoms with van der Waals surface area (Å²) in [5, 5.41) is 0. The summed E-state index contributed by atoms with van der Waals surface area (Å²) >= 11 is 0. The zero-order chi connectivity index (χ0) is 8.85. The maximum Gasteiger partial charge on any atom is 0.152 e. The van der Waals surface area contributed by atoms with E-state index in [1.54, 1.807) is 13.0 Å². The van der Waals surface area contributed by atoms with Crippen molar-refractivity contribution in [3.63, 3.8) is 0 Å². The fraction of sp³-hybridized carbons (Fsp3) is 0.500. The van der Waals surface area contributed by atoms with Crippen molar-refractivity contribution in [3.05, 3.63) is 23.8 Å². The van der Waals surface area contributed by atoms with Gasteiger partial charge in [0, 0.05) is 0 Å². The minimum Gasteiger partial charge on any atom is -0.295 e. The van der Waals surface area contributed by atoms with Crippen LogP contribution in [0.5, 0.6) is 0 Å². The molecule has 0 radical (unpaired) electrons. The second kappa shape index (κ2) is 4.89. The van der Waals surface area contributed by atoms with Gasteiger partial charge in [0.2, 0.25) is 0 Å². The van der Waals surface area contributed by atoms with Crippen molar-refractivity contribution in [1.82, 2.24) is 0 Å². The Hall–Kier alpha value is -0.850. The highest BCUT2D eigenvalue weighted by Gasteiger charge is 1.87. The van der Waals surface area contributed by atoms with Crippen molar-refractivity contribution in [2.45, 2.75) is 27.7 Å². The molecule has 11 heavy (non-hydrogen) atoms. The summed E-state index contributed by atoms with van der Waals surface area (Å²) in [4.78, 5) is 10.5. The Balaban J connectivity index is 4.05. The summed E-state index contributed by atoms with van der Waals surface area (Å²) in [6.45, 7) is 7.79. The van der Waals surface area contributed by atoms with Crippen molar-refractivity contribution in [2.24, 2.45) is 5.92 Å². The van der Waals surface area contributed by atoms with Gasteiger partial charge in [0.05, 0.1) is 0 Å². The van der Waals surface area contributed by atoms with Crippen molar-refractivity contribution in [3.8, 4) is 0 Å². The predicted molar refractivity (Wildman–Crippen MR) is 48.4 cm³/mol. The van der Waals surface area contributed by atoms with Crippen LogP contribution in [0.25, 0.3) is 0 Å². The molecule has 0 atom stereocenters. The highest BCUT2D eigenvalue weighted by atomic mass is 16.1. The molecule has 62 valence electrons. The van der Waals surface area contributed by atoms with Crippen molar-refractivity contribution in [2.75, 3.05) is 0 Å². The number of hydrogen-bond donors (Lipinski definition) is 0. The minimum absolute atomic E-state index is 0.0986. The first kappa shape index (κ1) is 10.2. The standard InChI is InChI=1S/C10H16O/c1-8(2)7-9(3)5-6-10(4)11/h5-8H,1-4H3/b6-5+,9-7+. The Morgan fingerprint density at radius 1 is 1.18 bits per heavy atom. The molecule has 0 unspecified atom stereocenters. The summed E-state index contributed by atoms with van der Waals surface area (Å²) in [6, 6.07) is 0. The third-order valence-electron chi connectivity index (χ3n) is 1.18. The predicted octanol–water partition coefficient (Wildman–Crippen LogP) is 2.73. The molecule has 0 rings (SSSR count). The Morgan fingerprint density at radius 3 is 2.09 bits per heavy atom. The van der Waals surface area contributed by atoms with Gasteiger partial charge in [-0.3, -0.25) is 4.79 Å². The van der Waals surface area contributed by atoms with Crippen LogP contribution in [0.4, 0.5) is 0 Å². The lowest BCUT2D eigenvalue weighted by Crippen LogP contribution is -1.83. The number of carbonyl (C=O) groups is 1. The van der Waals surface area contributed by atoms with E-state index in [1.807, 2.05) is 13.0 Å². The van der Waals surface area contributed by atoms with E-state index in [9.17, 15) is 4.79 Å². The van der Waals surface area contributed by atoms with Crippen LogP contribution in [0, 0.1) is 5.92 Å². The normalized spacial score (nSPS) is 13.0. The number of carbonyl (C=O) groups excluding carboxylic acids is 1. The minimum atomic E-state index is 0.0986. The molecule has 0 aliphatic rings. The molecule has 0 aromatic rings. The second-order valence-electron chi connectivity index (χ2n) is 3.10. The molecule has 0 saturated carbocycles. The molecule has 0 amide bonds. The maximum absolute atomic E-state index is 10.5. The van der Waals surface area contributed by atoms with E-state index < -0.39 is 0 Å². The monoisotopic (exact) mass is 152 g/mol. The van der Waals surface area contributed by atoms with E-state index in [0.717, 1.165) is 5.57 Å². The molecule has 0 aromatic heterocycles. The largest absolute Gasteiger partial charge is 0.295 e. The summed E-state index contributed by atoms with van der Waals surface area (Å²) in [6.07, 6.45) is 5.57. The molecule has 0 bridgehead atoms. The molecule has 0 saturated heterocycles. The average molecular weight is 152 g/mol. The Bertz CT molecular complexity index is 185. The van der Waals surface area contributed by atoms with Gasteiger partial charge in [-0.25, -0.2) is 0 Å². The molecule has 0 fully saturated rings. The molecule has 0 spiro atoms. The van der Waals surface area contributed by atoms with Gasteiger partial charge < -0.3 is 0 Å². The van der Waals surface area contributed by atoms with Crippen molar-refractivity contribution < 1.29 is 4.79 Å². The third-order valence-corrected chi connectivity index (χ3v) is 1.18. The van der Waals surface area contributed by atoms with Crippen molar-refractivity contribution >= 4 is 5.78 Å². The van der Waals surface area contributed by atoms with Crippen LogP contribution in [0.3, 0.4) is 0 Å². The SMILES string of the molecule is CC(=O)/C=C/C(C)=C/C(C)C. The number of ketones is 1. The smallest absolute Gasteiger partial charge is 0.152 e. The first-order valence-corrected chi connectivity index (χ1v) is 3.89. The van der Waals surface area contributed by atoms with Crippen LogP contribution in [0.2, 0.25) is 0 Å². The zero-order valence-corrected chi connectivity index (χ0v) is 7.72. The van der Waals surface area contributed by atoms with E-state index in [4.69, 9.17) is 0 Å². The molecule has 0 aliphatic carbocycles. The van der Waals surface area contributed by atoms with Gasteiger partial charge in [-0.2, -0.15) is 0 Å². The van der Waals surface area contributed by atoms with E-state index in [-0.39, 0.29) is 5.78 Å². The number of rotatable bonds is 3. The quantitative estimate of drug-likeness (QED) is 0.449. The van der Waals surface area contributed by atoms with Gasteiger partial charge in [-0.05, 0) is 25.8 Å². The van der Waals surface area contributed by atoms with Crippen LogP contribution in [-0.4, -0.2) is 5.78 Å². The van der Waals surface area contributed by atoms with Crippen LogP contribution in [0.15, 0.2) is 23.8 Å². The highest BCUT2D eigenvalue weighted by Crippen LogP contribution is 2.02. The van der Waals surface area contributed by atoms with Gasteiger partial charge in [-0.1, -0.05) is 31.6 Å². The van der Waals surface area contributed by atoms with Crippen LogP contribution >= 0.6 is 0 Å². The third kappa shape index (κ3) is 7.04.